The normalized spacial score (nSPS) is 12.4. The van der Waals surface area contributed by atoms with Crippen molar-refractivity contribution >= 4 is 17.3 Å². The van der Waals surface area contributed by atoms with E-state index in [1.807, 2.05) is 13.1 Å². The third-order valence-corrected chi connectivity index (χ3v) is 2.84. The number of hydrogen-bond acceptors (Lipinski definition) is 5. The first-order valence-corrected chi connectivity index (χ1v) is 5.30. The van der Waals surface area contributed by atoms with Crippen molar-refractivity contribution in [1.29, 1.82) is 0 Å². The Morgan fingerprint density at radius 2 is 2.57 bits per heavy atom. The van der Waals surface area contributed by atoms with Crippen LogP contribution in [-0.2, 0) is 9.53 Å². The standard InChI is InChI=1S/C9H14N2O2S/c1-7(8-5-10-6-14-8)11-4-3-9(12)13-2/h5-7,11H,3-4H2,1-2H3. The molecule has 1 unspecified atom stereocenters. The summed E-state index contributed by atoms with van der Waals surface area (Å²) in [7, 11) is 1.40. The predicted octanol–water partition coefficient (Wildman–Crippen LogP) is 1.36. The zero-order valence-corrected chi connectivity index (χ0v) is 9.13. The number of carbonyl (C=O) groups is 1. The lowest BCUT2D eigenvalue weighted by Gasteiger charge is -2.10. The van der Waals surface area contributed by atoms with E-state index in [-0.39, 0.29) is 12.0 Å². The molecule has 1 rings (SSSR count). The van der Waals surface area contributed by atoms with E-state index in [1.165, 1.54) is 12.0 Å². The van der Waals surface area contributed by atoms with Crippen LogP contribution in [0, 0.1) is 0 Å². The van der Waals surface area contributed by atoms with Crippen LogP contribution in [0.2, 0.25) is 0 Å². The molecule has 0 saturated heterocycles. The number of hydrogen-bond donors (Lipinski definition) is 1. The highest BCUT2D eigenvalue weighted by atomic mass is 32.1. The lowest BCUT2D eigenvalue weighted by atomic mass is 10.3. The molecule has 0 aromatic carbocycles. The molecule has 0 bridgehead atoms. The SMILES string of the molecule is COC(=O)CCNC(C)c1cncs1. The average Bonchev–Trinajstić information content (AvgIpc) is 2.70. The van der Waals surface area contributed by atoms with Crippen LogP contribution in [0.3, 0.4) is 0 Å². The van der Waals surface area contributed by atoms with Gasteiger partial charge in [-0.25, -0.2) is 0 Å². The molecule has 1 atom stereocenters. The van der Waals surface area contributed by atoms with Crippen molar-refractivity contribution < 1.29 is 9.53 Å². The Kier molecular flexibility index (Phi) is 4.55. The summed E-state index contributed by atoms with van der Waals surface area (Å²) in [5.74, 6) is -0.186. The first kappa shape index (κ1) is 11.1. The van der Waals surface area contributed by atoms with Crippen LogP contribution < -0.4 is 5.32 Å². The van der Waals surface area contributed by atoms with Crippen LogP contribution in [0.25, 0.3) is 0 Å². The van der Waals surface area contributed by atoms with E-state index in [4.69, 9.17) is 0 Å². The Labute approximate surface area is 87.3 Å². The summed E-state index contributed by atoms with van der Waals surface area (Å²) >= 11 is 1.61. The summed E-state index contributed by atoms with van der Waals surface area (Å²) in [6, 6.07) is 0.243. The number of rotatable bonds is 5. The smallest absolute Gasteiger partial charge is 0.306 e. The van der Waals surface area contributed by atoms with Gasteiger partial charge in [0.05, 0.1) is 19.0 Å². The van der Waals surface area contributed by atoms with Crippen molar-refractivity contribution in [3.63, 3.8) is 0 Å². The first-order valence-electron chi connectivity index (χ1n) is 4.42. The van der Waals surface area contributed by atoms with Gasteiger partial charge in [-0.3, -0.25) is 9.78 Å². The molecule has 0 aliphatic heterocycles. The Morgan fingerprint density at radius 3 is 3.14 bits per heavy atom. The molecule has 0 amide bonds. The molecule has 1 aromatic heterocycles. The molecule has 0 radical (unpaired) electrons. The van der Waals surface area contributed by atoms with E-state index in [2.05, 4.69) is 15.0 Å². The number of nitrogens with zero attached hydrogens (tertiary/aromatic N) is 1. The lowest BCUT2D eigenvalue weighted by molar-refractivity contribution is -0.140. The summed E-state index contributed by atoms with van der Waals surface area (Å²) in [5, 5.41) is 3.22. The second kappa shape index (κ2) is 5.72. The third kappa shape index (κ3) is 3.43. The molecule has 4 nitrogen and oxygen atoms in total. The molecule has 0 spiro atoms. The zero-order chi connectivity index (χ0) is 10.4. The van der Waals surface area contributed by atoms with Gasteiger partial charge in [-0.2, -0.15) is 0 Å². The third-order valence-electron chi connectivity index (χ3n) is 1.89. The minimum absolute atomic E-state index is 0.186. The number of methoxy groups -OCH3 is 1. The second-order valence-electron chi connectivity index (χ2n) is 2.91. The number of thiazole rings is 1. The Bertz CT molecular complexity index is 274. The van der Waals surface area contributed by atoms with Gasteiger partial charge >= 0.3 is 5.97 Å². The Hall–Kier alpha value is -0.940. The Morgan fingerprint density at radius 1 is 1.79 bits per heavy atom. The maximum absolute atomic E-state index is 10.8. The topological polar surface area (TPSA) is 51.2 Å². The van der Waals surface area contributed by atoms with Crippen LogP contribution in [0.15, 0.2) is 11.7 Å². The molecule has 1 N–H and O–H groups in total. The van der Waals surface area contributed by atoms with Gasteiger partial charge in [0.1, 0.15) is 0 Å². The highest BCUT2D eigenvalue weighted by Crippen LogP contribution is 2.15. The summed E-state index contributed by atoms with van der Waals surface area (Å²) < 4.78 is 4.53. The van der Waals surface area contributed by atoms with Gasteiger partial charge in [0.2, 0.25) is 0 Å². The zero-order valence-electron chi connectivity index (χ0n) is 8.32. The molecule has 0 fully saturated rings. The van der Waals surface area contributed by atoms with Crippen molar-refractivity contribution in [3.05, 3.63) is 16.6 Å². The first-order chi connectivity index (χ1) is 6.74. The molecule has 14 heavy (non-hydrogen) atoms. The van der Waals surface area contributed by atoms with Gasteiger partial charge in [0, 0.05) is 23.7 Å². The van der Waals surface area contributed by atoms with Gasteiger partial charge in [-0.05, 0) is 6.92 Å². The van der Waals surface area contributed by atoms with Crippen LogP contribution in [-0.4, -0.2) is 24.6 Å². The van der Waals surface area contributed by atoms with E-state index in [0.29, 0.717) is 13.0 Å². The highest BCUT2D eigenvalue weighted by Gasteiger charge is 2.07. The molecule has 5 heteroatoms. The minimum atomic E-state index is -0.186. The number of nitrogens with one attached hydrogen (secondary N) is 1. The maximum Gasteiger partial charge on any atom is 0.306 e. The summed E-state index contributed by atoms with van der Waals surface area (Å²) in [5.41, 5.74) is 1.80. The van der Waals surface area contributed by atoms with E-state index in [1.54, 1.807) is 16.8 Å². The van der Waals surface area contributed by atoms with Gasteiger partial charge in [-0.15, -0.1) is 11.3 Å². The number of ether oxygens (including phenoxy) is 1. The molecule has 1 heterocycles. The fraction of sp³-hybridized carbons (Fsp3) is 0.556. The van der Waals surface area contributed by atoms with E-state index < -0.39 is 0 Å². The van der Waals surface area contributed by atoms with E-state index in [0.717, 1.165) is 0 Å². The monoisotopic (exact) mass is 214 g/mol. The lowest BCUT2D eigenvalue weighted by Crippen LogP contribution is -2.21. The molecule has 0 saturated carbocycles. The van der Waals surface area contributed by atoms with Gasteiger partial charge in [0.15, 0.2) is 0 Å². The molecule has 0 aliphatic rings. The summed E-state index contributed by atoms with van der Waals surface area (Å²) in [6.45, 7) is 2.68. The largest absolute Gasteiger partial charge is 0.469 e. The molecule has 78 valence electrons. The van der Waals surface area contributed by atoms with Gasteiger partial charge in [0.25, 0.3) is 0 Å². The van der Waals surface area contributed by atoms with Crippen LogP contribution in [0.4, 0.5) is 0 Å². The van der Waals surface area contributed by atoms with Crippen LogP contribution in [0.5, 0.6) is 0 Å². The van der Waals surface area contributed by atoms with Crippen molar-refractivity contribution in [1.82, 2.24) is 10.3 Å². The molecular weight excluding hydrogens is 200 g/mol. The fourth-order valence-corrected chi connectivity index (χ4v) is 1.69. The van der Waals surface area contributed by atoms with E-state index in [9.17, 15) is 4.79 Å². The van der Waals surface area contributed by atoms with Crippen molar-refractivity contribution in [2.45, 2.75) is 19.4 Å². The number of esters is 1. The quantitative estimate of drug-likeness (QED) is 0.752. The van der Waals surface area contributed by atoms with Crippen LogP contribution in [0.1, 0.15) is 24.3 Å². The van der Waals surface area contributed by atoms with E-state index >= 15 is 0 Å². The van der Waals surface area contributed by atoms with Gasteiger partial charge in [-0.1, -0.05) is 0 Å². The molecule has 0 aliphatic carbocycles. The second-order valence-corrected chi connectivity index (χ2v) is 3.82. The van der Waals surface area contributed by atoms with Crippen molar-refractivity contribution in [2.75, 3.05) is 13.7 Å². The molecule has 1 aromatic rings. The van der Waals surface area contributed by atoms with Crippen molar-refractivity contribution in [3.8, 4) is 0 Å². The Balaban J connectivity index is 2.22. The fourth-order valence-electron chi connectivity index (χ4n) is 1.03. The van der Waals surface area contributed by atoms with Crippen LogP contribution >= 0.6 is 11.3 Å². The van der Waals surface area contributed by atoms with Crippen molar-refractivity contribution in [2.24, 2.45) is 0 Å². The summed E-state index contributed by atoms with van der Waals surface area (Å²) in [6.07, 6.45) is 2.24. The average molecular weight is 214 g/mol. The number of carbonyl (C=O) groups excluding carboxylic acids is 1. The number of aromatic nitrogens is 1. The predicted molar refractivity (Wildman–Crippen MR) is 55.2 cm³/mol. The maximum atomic E-state index is 10.8. The molecular formula is C9H14N2O2S. The highest BCUT2D eigenvalue weighted by molar-refractivity contribution is 7.09. The minimum Gasteiger partial charge on any atom is -0.469 e. The summed E-state index contributed by atoms with van der Waals surface area (Å²) in [4.78, 5) is 16.0. The van der Waals surface area contributed by atoms with Gasteiger partial charge < -0.3 is 10.1 Å².